The highest BCUT2D eigenvalue weighted by Crippen LogP contribution is 2.27. The summed E-state index contributed by atoms with van der Waals surface area (Å²) in [4.78, 5) is 1.96. The normalized spacial score (nSPS) is 14.5. The minimum atomic E-state index is -0.400. The Kier molecular flexibility index (Phi) is 6.58. The van der Waals surface area contributed by atoms with Gasteiger partial charge >= 0.3 is 0 Å². The summed E-state index contributed by atoms with van der Waals surface area (Å²) in [6, 6.07) is 5.60. The highest BCUT2D eigenvalue weighted by Gasteiger charge is 2.13. The monoisotopic (exact) mass is 286 g/mol. The molecule has 0 radical (unpaired) electrons. The van der Waals surface area contributed by atoms with E-state index in [-0.39, 0.29) is 6.04 Å². The Hall–Kier alpha value is -0.810. The number of methoxy groups -OCH3 is 1. The second kappa shape index (κ2) is 7.70. The van der Waals surface area contributed by atoms with Gasteiger partial charge in [0.15, 0.2) is 0 Å². The summed E-state index contributed by atoms with van der Waals surface area (Å²) < 4.78 is 5.32. The third-order valence-electron chi connectivity index (χ3n) is 2.89. The van der Waals surface area contributed by atoms with Crippen molar-refractivity contribution in [3.63, 3.8) is 0 Å². The van der Waals surface area contributed by atoms with Gasteiger partial charge in [-0.3, -0.25) is 0 Å². The van der Waals surface area contributed by atoms with Gasteiger partial charge in [-0.25, -0.2) is 0 Å². The predicted octanol–water partition coefficient (Wildman–Crippen LogP) is 1.92. The predicted molar refractivity (Wildman–Crippen MR) is 79.0 cm³/mol. The lowest BCUT2D eigenvalue weighted by molar-refractivity contribution is 0.132. The molecular formula is C14H23ClN2O2. The van der Waals surface area contributed by atoms with Crippen molar-refractivity contribution in [1.29, 1.82) is 0 Å². The van der Waals surface area contributed by atoms with E-state index in [9.17, 15) is 5.11 Å². The fourth-order valence-corrected chi connectivity index (χ4v) is 2.13. The third kappa shape index (κ3) is 5.37. The molecule has 0 heterocycles. The largest absolute Gasteiger partial charge is 0.496 e. The zero-order valence-corrected chi connectivity index (χ0v) is 12.7. The van der Waals surface area contributed by atoms with Crippen LogP contribution in [0.4, 0.5) is 0 Å². The van der Waals surface area contributed by atoms with Crippen molar-refractivity contribution in [3.8, 4) is 5.75 Å². The number of aliphatic hydroxyl groups excluding tert-OH is 1. The van der Waals surface area contributed by atoms with Crippen LogP contribution in [0.3, 0.4) is 0 Å². The van der Waals surface area contributed by atoms with Crippen molar-refractivity contribution in [2.75, 3.05) is 34.3 Å². The van der Waals surface area contributed by atoms with Crippen LogP contribution in [0.25, 0.3) is 0 Å². The molecule has 2 N–H and O–H groups in total. The van der Waals surface area contributed by atoms with Gasteiger partial charge in [-0.05, 0) is 39.2 Å². The van der Waals surface area contributed by atoms with Crippen LogP contribution in [-0.2, 0) is 0 Å². The van der Waals surface area contributed by atoms with Crippen LogP contribution in [-0.4, -0.2) is 50.4 Å². The van der Waals surface area contributed by atoms with Crippen LogP contribution in [0.15, 0.2) is 18.2 Å². The molecule has 1 rings (SSSR count). The average Bonchev–Trinajstić information content (AvgIpc) is 2.35. The van der Waals surface area contributed by atoms with Gasteiger partial charge in [0, 0.05) is 29.7 Å². The standard InChI is InChI=1S/C14H23ClN2O2/c1-10(16-8-12(18)9-17(2)3)13-7-11(15)5-6-14(13)19-4/h5-7,10,12,16,18H,8-9H2,1-4H3. The molecular weight excluding hydrogens is 264 g/mol. The quantitative estimate of drug-likeness (QED) is 0.804. The second-order valence-electron chi connectivity index (χ2n) is 4.93. The molecule has 0 aromatic heterocycles. The van der Waals surface area contributed by atoms with Crippen molar-refractivity contribution < 1.29 is 9.84 Å². The van der Waals surface area contributed by atoms with Crippen molar-refractivity contribution in [2.24, 2.45) is 0 Å². The molecule has 2 atom stereocenters. The minimum absolute atomic E-state index is 0.0606. The number of hydrogen-bond donors (Lipinski definition) is 2. The van der Waals surface area contributed by atoms with E-state index in [1.807, 2.05) is 38.1 Å². The first-order valence-electron chi connectivity index (χ1n) is 6.33. The maximum atomic E-state index is 9.83. The summed E-state index contributed by atoms with van der Waals surface area (Å²) in [5, 5.41) is 13.8. The number of likely N-dealkylation sites (N-methyl/N-ethyl adjacent to an activating group) is 1. The SMILES string of the molecule is COc1ccc(Cl)cc1C(C)NCC(O)CN(C)C. The van der Waals surface area contributed by atoms with Gasteiger partial charge in [-0.2, -0.15) is 0 Å². The van der Waals surface area contributed by atoms with Gasteiger partial charge in [-0.15, -0.1) is 0 Å². The number of nitrogens with zero attached hydrogens (tertiary/aromatic N) is 1. The molecule has 0 spiro atoms. The van der Waals surface area contributed by atoms with E-state index in [1.165, 1.54) is 0 Å². The van der Waals surface area contributed by atoms with Crippen molar-refractivity contribution in [2.45, 2.75) is 19.1 Å². The first-order chi connectivity index (χ1) is 8.93. The van der Waals surface area contributed by atoms with Crippen LogP contribution in [0, 0.1) is 0 Å². The van der Waals surface area contributed by atoms with Gasteiger partial charge in [0.25, 0.3) is 0 Å². The second-order valence-corrected chi connectivity index (χ2v) is 5.37. The van der Waals surface area contributed by atoms with E-state index in [1.54, 1.807) is 13.2 Å². The zero-order valence-electron chi connectivity index (χ0n) is 12.0. The smallest absolute Gasteiger partial charge is 0.123 e. The van der Waals surface area contributed by atoms with Crippen LogP contribution in [0.1, 0.15) is 18.5 Å². The number of nitrogens with one attached hydrogen (secondary N) is 1. The summed E-state index contributed by atoms with van der Waals surface area (Å²) in [5.74, 6) is 0.798. The van der Waals surface area contributed by atoms with E-state index in [4.69, 9.17) is 16.3 Å². The Morgan fingerprint density at radius 3 is 2.68 bits per heavy atom. The van der Waals surface area contributed by atoms with Crippen molar-refractivity contribution in [3.05, 3.63) is 28.8 Å². The molecule has 0 aliphatic heterocycles. The number of hydrogen-bond acceptors (Lipinski definition) is 4. The number of halogens is 1. The van der Waals surface area contributed by atoms with E-state index >= 15 is 0 Å². The van der Waals surface area contributed by atoms with Gasteiger partial charge in [-0.1, -0.05) is 11.6 Å². The Balaban J connectivity index is 2.62. The van der Waals surface area contributed by atoms with E-state index < -0.39 is 6.10 Å². The number of aliphatic hydroxyl groups is 1. The maximum absolute atomic E-state index is 9.83. The molecule has 2 unspecified atom stereocenters. The summed E-state index contributed by atoms with van der Waals surface area (Å²) in [5.41, 5.74) is 0.993. The first-order valence-corrected chi connectivity index (χ1v) is 6.71. The lowest BCUT2D eigenvalue weighted by Gasteiger charge is -2.21. The molecule has 0 amide bonds. The first kappa shape index (κ1) is 16.2. The minimum Gasteiger partial charge on any atom is -0.496 e. The lowest BCUT2D eigenvalue weighted by atomic mass is 10.1. The molecule has 0 aliphatic rings. The Morgan fingerprint density at radius 1 is 1.42 bits per heavy atom. The zero-order chi connectivity index (χ0) is 14.4. The molecule has 1 aromatic carbocycles. The molecule has 4 nitrogen and oxygen atoms in total. The highest BCUT2D eigenvalue weighted by molar-refractivity contribution is 6.30. The van der Waals surface area contributed by atoms with Crippen LogP contribution < -0.4 is 10.1 Å². The molecule has 0 saturated heterocycles. The summed E-state index contributed by atoms with van der Waals surface area (Å²) >= 11 is 6.01. The summed E-state index contributed by atoms with van der Waals surface area (Å²) in [6.45, 7) is 3.18. The van der Waals surface area contributed by atoms with E-state index in [2.05, 4.69) is 5.32 Å². The highest BCUT2D eigenvalue weighted by atomic mass is 35.5. The van der Waals surface area contributed by atoms with E-state index in [0.29, 0.717) is 18.1 Å². The molecule has 0 bridgehead atoms. The van der Waals surface area contributed by atoms with Gasteiger partial charge in [0.05, 0.1) is 13.2 Å². The average molecular weight is 287 g/mol. The van der Waals surface area contributed by atoms with Crippen LogP contribution >= 0.6 is 11.6 Å². The summed E-state index contributed by atoms with van der Waals surface area (Å²) in [6.07, 6.45) is -0.400. The fraction of sp³-hybridized carbons (Fsp3) is 0.571. The van der Waals surface area contributed by atoms with Crippen molar-refractivity contribution in [1.82, 2.24) is 10.2 Å². The Labute approximate surface area is 120 Å². The Bertz CT molecular complexity index is 399. The molecule has 0 fully saturated rings. The molecule has 5 heteroatoms. The molecule has 0 aliphatic carbocycles. The van der Waals surface area contributed by atoms with Crippen molar-refractivity contribution >= 4 is 11.6 Å². The van der Waals surface area contributed by atoms with Gasteiger partial charge in [0.1, 0.15) is 5.75 Å². The maximum Gasteiger partial charge on any atom is 0.123 e. The summed E-state index contributed by atoms with van der Waals surface area (Å²) in [7, 11) is 5.51. The van der Waals surface area contributed by atoms with Gasteiger partial charge < -0.3 is 20.1 Å². The molecule has 1 aromatic rings. The Morgan fingerprint density at radius 2 is 2.11 bits per heavy atom. The van der Waals surface area contributed by atoms with Crippen LogP contribution in [0.2, 0.25) is 5.02 Å². The van der Waals surface area contributed by atoms with Gasteiger partial charge in [0.2, 0.25) is 0 Å². The topological polar surface area (TPSA) is 44.7 Å². The molecule has 108 valence electrons. The van der Waals surface area contributed by atoms with Crippen LogP contribution in [0.5, 0.6) is 5.75 Å². The lowest BCUT2D eigenvalue weighted by Crippen LogP contribution is -2.36. The fourth-order valence-electron chi connectivity index (χ4n) is 1.95. The van der Waals surface area contributed by atoms with E-state index in [0.717, 1.165) is 11.3 Å². The number of benzene rings is 1. The molecule has 0 saturated carbocycles. The number of ether oxygens (including phenoxy) is 1. The number of rotatable bonds is 7. The third-order valence-corrected chi connectivity index (χ3v) is 3.13. The molecule has 19 heavy (non-hydrogen) atoms.